The molecule has 0 aliphatic heterocycles. The number of anilines is 1. The molecule has 23 heavy (non-hydrogen) atoms. The molecule has 2 aromatic carbocycles. The molecular formula is C17H12BrClN2O2. The van der Waals surface area contributed by atoms with Crippen molar-refractivity contribution < 1.29 is 9.59 Å². The predicted molar refractivity (Wildman–Crippen MR) is 95.4 cm³/mol. The van der Waals surface area contributed by atoms with E-state index < -0.39 is 0 Å². The van der Waals surface area contributed by atoms with Gasteiger partial charge in [-0.15, -0.1) is 0 Å². The fraction of sp³-hybridized carbons (Fsp3) is 0.0588. The van der Waals surface area contributed by atoms with Crippen molar-refractivity contribution in [2.45, 2.75) is 6.92 Å². The van der Waals surface area contributed by atoms with Crippen LogP contribution in [0.5, 0.6) is 0 Å². The third kappa shape index (κ3) is 3.16. The number of aromatic nitrogens is 1. The molecule has 3 aromatic rings. The van der Waals surface area contributed by atoms with Crippen molar-refractivity contribution in [2.24, 2.45) is 0 Å². The Hall–Kier alpha value is -2.11. The standard InChI is InChI=1S/C17H12BrClN2O2/c1-9(22)10-3-2-4-12(7-10)20-17(23)16-15(19)13-8-11(18)5-6-14(13)21-16/h2-8,21H,1H3,(H,20,23). The van der Waals surface area contributed by atoms with Crippen molar-refractivity contribution in [3.8, 4) is 0 Å². The van der Waals surface area contributed by atoms with E-state index in [9.17, 15) is 9.59 Å². The molecule has 1 heterocycles. The van der Waals surface area contributed by atoms with Crippen LogP contribution in [-0.4, -0.2) is 16.7 Å². The maximum absolute atomic E-state index is 12.4. The molecule has 4 nitrogen and oxygen atoms in total. The van der Waals surface area contributed by atoms with Gasteiger partial charge in [-0.2, -0.15) is 0 Å². The summed E-state index contributed by atoms with van der Waals surface area (Å²) in [6.07, 6.45) is 0. The Morgan fingerprint density at radius 3 is 2.70 bits per heavy atom. The quantitative estimate of drug-likeness (QED) is 0.615. The molecule has 1 amide bonds. The number of carbonyl (C=O) groups is 2. The number of amides is 1. The van der Waals surface area contributed by atoms with Gasteiger partial charge in [-0.25, -0.2) is 0 Å². The summed E-state index contributed by atoms with van der Waals surface area (Å²) in [5.74, 6) is -0.419. The van der Waals surface area contributed by atoms with Crippen LogP contribution in [0.1, 0.15) is 27.8 Å². The number of benzene rings is 2. The van der Waals surface area contributed by atoms with Crippen molar-refractivity contribution in [3.05, 3.63) is 63.2 Å². The van der Waals surface area contributed by atoms with E-state index >= 15 is 0 Å². The first-order valence-electron chi connectivity index (χ1n) is 6.85. The molecule has 0 saturated heterocycles. The van der Waals surface area contributed by atoms with Gasteiger partial charge in [0, 0.05) is 26.6 Å². The highest BCUT2D eigenvalue weighted by atomic mass is 79.9. The lowest BCUT2D eigenvalue weighted by Crippen LogP contribution is -2.13. The number of Topliss-reactive ketones (excluding diaryl/α,β-unsaturated/α-hetero) is 1. The third-order valence-corrected chi connectivity index (χ3v) is 4.34. The number of H-pyrrole nitrogens is 1. The van der Waals surface area contributed by atoms with E-state index in [0.717, 1.165) is 15.4 Å². The lowest BCUT2D eigenvalue weighted by atomic mass is 10.1. The maximum atomic E-state index is 12.4. The molecule has 0 spiro atoms. The first-order valence-corrected chi connectivity index (χ1v) is 8.02. The molecule has 116 valence electrons. The van der Waals surface area contributed by atoms with Crippen molar-refractivity contribution >= 4 is 55.8 Å². The molecule has 0 aliphatic carbocycles. The predicted octanol–water partition coefficient (Wildman–Crippen LogP) is 5.04. The van der Waals surface area contributed by atoms with Crippen LogP contribution in [0.3, 0.4) is 0 Å². The summed E-state index contributed by atoms with van der Waals surface area (Å²) < 4.78 is 0.881. The summed E-state index contributed by atoms with van der Waals surface area (Å²) in [7, 11) is 0. The molecule has 0 unspecified atom stereocenters. The highest BCUT2D eigenvalue weighted by molar-refractivity contribution is 9.10. The minimum atomic E-state index is -0.358. The van der Waals surface area contributed by atoms with E-state index in [1.54, 1.807) is 24.3 Å². The Labute approximate surface area is 146 Å². The first kappa shape index (κ1) is 15.8. The second-order valence-corrected chi connectivity index (χ2v) is 6.39. The maximum Gasteiger partial charge on any atom is 0.273 e. The lowest BCUT2D eigenvalue weighted by Gasteiger charge is -2.05. The largest absolute Gasteiger partial charge is 0.349 e. The summed E-state index contributed by atoms with van der Waals surface area (Å²) in [5, 5.41) is 3.88. The summed E-state index contributed by atoms with van der Waals surface area (Å²) in [5.41, 5.74) is 2.14. The number of rotatable bonds is 3. The van der Waals surface area contributed by atoms with Crippen molar-refractivity contribution in [3.63, 3.8) is 0 Å². The smallest absolute Gasteiger partial charge is 0.273 e. The number of hydrogen-bond acceptors (Lipinski definition) is 2. The Balaban J connectivity index is 1.93. The monoisotopic (exact) mass is 390 g/mol. The summed E-state index contributed by atoms with van der Waals surface area (Å²) >= 11 is 9.69. The molecule has 1 aromatic heterocycles. The minimum absolute atomic E-state index is 0.0606. The van der Waals surface area contributed by atoms with Crippen molar-refractivity contribution in [1.82, 2.24) is 4.98 Å². The fourth-order valence-corrected chi connectivity index (χ4v) is 2.95. The zero-order chi connectivity index (χ0) is 16.6. The van der Waals surface area contributed by atoms with E-state index in [4.69, 9.17) is 11.6 Å². The average molecular weight is 392 g/mol. The number of aromatic amines is 1. The van der Waals surface area contributed by atoms with Gasteiger partial charge >= 0.3 is 0 Å². The van der Waals surface area contributed by atoms with Gasteiger partial charge in [0.25, 0.3) is 5.91 Å². The molecule has 0 atom stereocenters. The number of fused-ring (bicyclic) bond motifs is 1. The van der Waals surface area contributed by atoms with Crippen LogP contribution in [-0.2, 0) is 0 Å². The van der Waals surface area contributed by atoms with Crippen molar-refractivity contribution in [2.75, 3.05) is 5.32 Å². The van der Waals surface area contributed by atoms with Crippen LogP contribution >= 0.6 is 27.5 Å². The van der Waals surface area contributed by atoms with E-state index in [2.05, 4.69) is 26.2 Å². The Kier molecular flexibility index (Phi) is 4.24. The van der Waals surface area contributed by atoms with Gasteiger partial charge in [0.2, 0.25) is 0 Å². The number of halogens is 2. The van der Waals surface area contributed by atoms with Gasteiger partial charge < -0.3 is 10.3 Å². The Morgan fingerprint density at radius 1 is 1.17 bits per heavy atom. The minimum Gasteiger partial charge on any atom is -0.349 e. The lowest BCUT2D eigenvalue weighted by molar-refractivity contribution is 0.101. The zero-order valence-electron chi connectivity index (χ0n) is 12.1. The van der Waals surface area contributed by atoms with Crippen LogP contribution in [0.4, 0.5) is 5.69 Å². The summed E-state index contributed by atoms with van der Waals surface area (Å²) in [4.78, 5) is 26.9. The van der Waals surface area contributed by atoms with Crippen LogP contribution in [0.15, 0.2) is 46.9 Å². The number of hydrogen-bond donors (Lipinski definition) is 2. The van der Waals surface area contributed by atoms with Gasteiger partial charge in [0.05, 0.1) is 5.02 Å². The van der Waals surface area contributed by atoms with E-state index in [0.29, 0.717) is 16.3 Å². The highest BCUT2D eigenvalue weighted by Gasteiger charge is 2.17. The van der Waals surface area contributed by atoms with Crippen LogP contribution < -0.4 is 5.32 Å². The molecule has 0 saturated carbocycles. The van der Waals surface area contributed by atoms with Crippen LogP contribution in [0, 0.1) is 0 Å². The third-order valence-electron chi connectivity index (χ3n) is 3.45. The number of nitrogens with one attached hydrogen (secondary N) is 2. The SMILES string of the molecule is CC(=O)c1cccc(NC(=O)c2[nH]c3ccc(Br)cc3c2Cl)c1. The number of carbonyl (C=O) groups excluding carboxylic acids is 2. The van der Waals surface area contributed by atoms with E-state index in [1.807, 2.05) is 18.2 Å². The van der Waals surface area contributed by atoms with Gasteiger partial charge in [-0.3, -0.25) is 9.59 Å². The zero-order valence-corrected chi connectivity index (χ0v) is 14.5. The highest BCUT2D eigenvalue weighted by Crippen LogP contribution is 2.30. The molecule has 0 aliphatic rings. The molecule has 0 fully saturated rings. The summed E-state index contributed by atoms with van der Waals surface area (Å²) in [6, 6.07) is 12.3. The molecular weight excluding hydrogens is 380 g/mol. The molecule has 2 N–H and O–H groups in total. The first-order chi connectivity index (χ1) is 11.0. The second-order valence-electron chi connectivity index (χ2n) is 5.10. The molecule has 6 heteroatoms. The van der Waals surface area contributed by atoms with Gasteiger partial charge in [0.1, 0.15) is 5.69 Å². The van der Waals surface area contributed by atoms with Crippen LogP contribution in [0.2, 0.25) is 5.02 Å². The van der Waals surface area contributed by atoms with Gasteiger partial charge in [-0.1, -0.05) is 39.7 Å². The Bertz CT molecular complexity index is 933. The number of ketones is 1. The second kappa shape index (κ2) is 6.18. The molecule has 0 radical (unpaired) electrons. The molecule has 0 bridgehead atoms. The van der Waals surface area contributed by atoms with E-state index in [-0.39, 0.29) is 17.4 Å². The van der Waals surface area contributed by atoms with Gasteiger partial charge in [-0.05, 0) is 37.3 Å². The average Bonchev–Trinajstić information content (AvgIpc) is 2.84. The normalized spacial score (nSPS) is 10.7. The topological polar surface area (TPSA) is 62.0 Å². The van der Waals surface area contributed by atoms with Crippen molar-refractivity contribution in [1.29, 1.82) is 0 Å². The van der Waals surface area contributed by atoms with E-state index in [1.165, 1.54) is 6.92 Å². The van der Waals surface area contributed by atoms with Crippen LogP contribution in [0.25, 0.3) is 10.9 Å². The summed E-state index contributed by atoms with van der Waals surface area (Å²) in [6.45, 7) is 1.48. The van der Waals surface area contributed by atoms with Gasteiger partial charge in [0.15, 0.2) is 5.78 Å². The fourth-order valence-electron chi connectivity index (χ4n) is 2.30. The molecule has 3 rings (SSSR count). The Morgan fingerprint density at radius 2 is 1.96 bits per heavy atom.